The molecule has 4 nitrogen and oxygen atoms in total. The van der Waals surface area contributed by atoms with Crippen molar-refractivity contribution in [3.63, 3.8) is 0 Å². The molecular weight excluding hydrogens is 334 g/mol. The Morgan fingerprint density at radius 2 is 1.90 bits per heavy atom. The average molecular weight is 348 g/mol. The lowest BCUT2D eigenvalue weighted by Crippen LogP contribution is -2.59. The standard InChI is InChI=1S/C16H14BrNO3/c17-11-8-10-4-1-2-5-12(10)13(9-11)14(19)18-16(15(20)21)6-3-7-16/h1-2,4-5,8-9H,3,6-7H2,(H,18,19)(H,20,21). The van der Waals surface area contributed by atoms with Gasteiger partial charge in [-0.1, -0.05) is 40.2 Å². The SMILES string of the molecule is O=C(NC1(C(=O)O)CCC1)c1cc(Br)cc2ccccc12. The molecule has 2 N–H and O–H groups in total. The molecule has 0 unspecified atom stereocenters. The van der Waals surface area contributed by atoms with Crippen LogP contribution in [0.15, 0.2) is 40.9 Å². The van der Waals surface area contributed by atoms with Crippen LogP contribution in [0.2, 0.25) is 0 Å². The first-order chi connectivity index (χ1) is 10.0. The number of benzene rings is 2. The molecule has 3 rings (SSSR count). The molecule has 0 bridgehead atoms. The van der Waals surface area contributed by atoms with E-state index in [0.29, 0.717) is 18.4 Å². The van der Waals surface area contributed by atoms with Gasteiger partial charge in [-0.15, -0.1) is 0 Å². The smallest absolute Gasteiger partial charge is 0.329 e. The van der Waals surface area contributed by atoms with E-state index in [2.05, 4.69) is 21.2 Å². The van der Waals surface area contributed by atoms with Crippen molar-refractivity contribution >= 4 is 38.6 Å². The predicted molar refractivity (Wildman–Crippen MR) is 83.3 cm³/mol. The van der Waals surface area contributed by atoms with E-state index in [4.69, 9.17) is 0 Å². The van der Waals surface area contributed by atoms with E-state index < -0.39 is 11.5 Å². The minimum Gasteiger partial charge on any atom is -0.480 e. The van der Waals surface area contributed by atoms with E-state index >= 15 is 0 Å². The van der Waals surface area contributed by atoms with Gasteiger partial charge in [0.05, 0.1) is 0 Å². The second-order valence-corrected chi connectivity index (χ2v) is 6.29. The summed E-state index contributed by atoms with van der Waals surface area (Å²) in [6, 6.07) is 11.2. The highest BCUT2D eigenvalue weighted by Crippen LogP contribution is 2.33. The molecule has 2 aromatic carbocycles. The maximum Gasteiger partial charge on any atom is 0.329 e. The Labute approximate surface area is 130 Å². The monoisotopic (exact) mass is 347 g/mol. The molecule has 1 aliphatic rings. The van der Waals surface area contributed by atoms with E-state index in [-0.39, 0.29) is 5.91 Å². The molecule has 1 aliphatic carbocycles. The highest BCUT2D eigenvalue weighted by atomic mass is 79.9. The number of fused-ring (bicyclic) bond motifs is 1. The van der Waals surface area contributed by atoms with Gasteiger partial charge in [0, 0.05) is 10.0 Å². The Morgan fingerprint density at radius 3 is 2.52 bits per heavy atom. The molecule has 21 heavy (non-hydrogen) atoms. The highest BCUT2D eigenvalue weighted by molar-refractivity contribution is 9.10. The molecule has 0 spiro atoms. The van der Waals surface area contributed by atoms with Crippen LogP contribution in [-0.2, 0) is 4.79 Å². The summed E-state index contributed by atoms with van der Waals surface area (Å²) in [5.41, 5.74) is -0.604. The van der Waals surface area contributed by atoms with Crippen molar-refractivity contribution in [3.8, 4) is 0 Å². The van der Waals surface area contributed by atoms with Gasteiger partial charge in [0.15, 0.2) is 0 Å². The Kier molecular flexibility index (Phi) is 3.45. The summed E-state index contributed by atoms with van der Waals surface area (Å²) in [6.45, 7) is 0. The number of carbonyl (C=O) groups is 2. The van der Waals surface area contributed by atoms with Crippen LogP contribution in [-0.4, -0.2) is 22.5 Å². The summed E-state index contributed by atoms with van der Waals surface area (Å²) in [4.78, 5) is 23.9. The van der Waals surface area contributed by atoms with Gasteiger partial charge in [-0.25, -0.2) is 4.79 Å². The summed E-state index contributed by atoms with van der Waals surface area (Å²) >= 11 is 3.39. The van der Waals surface area contributed by atoms with E-state index in [9.17, 15) is 14.7 Å². The van der Waals surface area contributed by atoms with Gasteiger partial charge in [-0.05, 0) is 42.2 Å². The van der Waals surface area contributed by atoms with Crippen molar-refractivity contribution < 1.29 is 14.7 Å². The fraction of sp³-hybridized carbons (Fsp3) is 0.250. The summed E-state index contributed by atoms with van der Waals surface area (Å²) < 4.78 is 0.796. The van der Waals surface area contributed by atoms with Crippen LogP contribution in [0.4, 0.5) is 0 Å². The maximum atomic E-state index is 12.5. The third-order valence-corrected chi connectivity index (χ3v) is 4.50. The van der Waals surface area contributed by atoms with Crippen molar-refractivity contribution in [2.24, 2.45) is 0 Å². The number of halogens is 1. The molecule has 0 atom stereocenters. The zero-order valence-corrected chi connectivity index (χ0v) is 12.8. The summed E-state index contributed by atoms with van der Waals surface area (Å²) in [6.07, 6.45) is 1.80. The molecule has 0 saturated heterocycles. The van der Waals surface area contributed by atoms with Crippen molar-refractivity contribution in [1.29, 1.82) is 0 Å². The quantitative estimate of drug-likeness (QED) is 0.894. The van der Waals surface area contributed by atoms with Crippen molar-refractivity contribution in [3.05, 3.63) is 46.4 Å². The zero-order valence-electron chi connectivity index (χ0n) is 11.2. The lowest BCUT2D eigenvalue weighted by Gasteiger charge is -2.38. The number of rotatable bonds is 3. The summed E-state index contributed by atoms with van der Waals surface area (Å²) in [5, 5.41) is 13.8. The van der Waals surface area contributed by atoms with Gasteiger partial charge in [0.2, 0.25) is 0 Å². The maximum absolute atomic E-state index is 12.5. The van der Waals surface area contributed by atoms with Crippen LogP contribution in [0, 0.1) is 0 Å². The number of nitrogens with one attached hydrogen (secondary N) is 1. The van der Waals surface area contributed by atoms with Crippen LogP contribution in [0.3, 0.4) is 0 Å². The number of amides is 1. The van der Waals surface area contributed by atoms with Crippen molar-refractivity contribution in [2.45, 2.75) is 24.8 Å². The summed E-state index contributed by atoms with van der Waals surface area (Å²) in [7, 11) is 0. The molecule has 0 aromatic heterocycles. The molecule has 0 heterocycles. The Bertz CT molecular complexity index is 737. The van der Waals surface area contributed by atoms with E-state index in [1.165, 1.54) is 0 Å². The van der Waals surface area contributed by atoms with Gasteiger partial charge in [0.1, 0.15) is 5.54 Å². The lowest BCUT2D eigenvalue weighted by atomic mass is 9.76. The van der Waals surface area contributed by atoms with Gasteiger partial charge in [-0.3, -0.25) is 4.79 Å². The lowest BCUT2D eigenvalue weighted by molar-refractivity contribution is -0.148. The topological polar surface area (TPSA) is 66.4 Å². The van der Waals surface area contributed by atoms with Crippen LogP contribution >= 0.6 is 15.9 Å². The van der Waals surface area contributed by atoms with Crippen LogP contribution in [0.1, 0.15) is 29.6 Å². The van der Waals surface area contributed by atoms with Gasteiger partial charge in [-0.2, -0.15) is 0 Å². The first-order valence-electron chi connectivity index (χ1n) is 6.76. The van der Waals surface area contributed by atoms with Gasteiger partial charge in [0.25, 0.3) is 5.91 Å². The minimum absolute atomic E-state index is 0.338. The third-order valence-electron chi connectivity index (χ3n) is 4.04. The van der Waals surface area contributed by atoms with Crippen LogP contribution in [0.25, 0.3) is 10.8 Å². The molecule has 108 valence electrons. The number of carbonyl (C=O) groups excluding carboxylic acids is 1. The molecule has 0 radical (unpaired) electrons. The summed E-state index contributed by atoms with van der Waals surface area (Å²) in [5.74, 6) is -1.30. The number of carboxylic acids is 1. The van der Waals surface area contributed by atoms with Crippen LogP contribution in [0.5, 0.6) is 0 Å². The average Bonchev–Trinajstić information content (AvgIpc) is 2.41. The normalized spacial score (nSPS) is 16.2. The van der Waals surface area contributed by atoms with E-state index in [1.54, 1.807) is 6.07 Å². The zero-order chi connectivity index (χ0) is 15.0. The first kappa shape index (κ1) is 14.1. The fourth-order valence-electron chi connectivity index (χ4n) is 2.67. The second-order valence-electron chi connectivity index (χ2n) is 5.37. The Balaban J connectivity index is 2.00. The Morgan fingerprint density at radius 1 is 1.19 bits per heavy atom. The second kappa shape index (κ2) is 5.15. The molecule has 0 aliphatic heterocycles. The highest BCUT2D eigenvalue weighted by Gasteiger charge is 2.45. The molecule has 5 heteroatoms. The van der Waals surface area contributed by atoms with Gasteiger partial charge < -0.3 is 10.4 Å². The number of aliphatic carboxylic acids is 1. The number of hydrogen-bond donors (Lipinski definition) is 2. The molecule has 1 fully saturated rings. The van der Waals surface area contributed by atoms with E-state index in [1.807, 2.05) is 30.3 Å². The predicted octanol–water partition coefficient (Wildman–Crippen LogP) is 3.34. The number of carboxylic acid groups (broad SMARTS) is 1. The molecular formula is C16H14BrNO3. The van der Waals surface area contributed by atoms with E-state index in [0.717, 1.165) is 21.7 Å². The molecule has 1 amide bonds. The molecule has 2 aromatic rings. The van der Waals surface area contributed by atoms with Crippen LogP contribution < -0.4 is 5.32 Å². The third kappa shape index (κ3) is 2.42. The van der Waals surface area contributed by atoms with Crippen molar-refractivity contribution in [1.82, 2.24) is 5.32 Å². The van der Waals surface area contributed by atoms with Gasteiger partial charge >= 0.3 is 5.97 Å². The van der Waals surface area contributed by atoms with Crippen molar-refractivity contribution in [2.75, 3.05) is 0 Å². The Hall–Kier alpha value is -1.88. The number of hydrogen-bond acceptors (Lipinski definition) is 2. The minimum atomic E-state index is -1.10. The first-order valence-corrected chi connectivity index (χ1v) is 7.55. The largest absolute Gasteiger partial charge is 0.480 e. The fourth-order valence-corrected chi connectivity index (χ4v) is 3.14. The molecule has 1 saturated carbocycles.